The zero-order valence-corrected chi connectivity index (χ0v) is 37.2. The molecule has 2 aliphatic heterocycles. The van der Waals surface area contributed by atoms with Gasteiger partial charge in [0.1, 0.15) is 17.1 Å². The minimum atomic E-state index is -4.28. The number of amides is 1. The lowest BCUT2D eigenvalue weighted by Crippen LogP contribution is -2.66. The van der Waals surface area contributed by atoms with Crippen molar-refractivity contribution in [3.63, 3.8) is 0 Å². The molecule has 3 heterocycles. The highest BCUT2D eigenvalue weighted by atomic mass is 32.2. The Labute approximate surface area is 348 Å². The topological polar surface area (TPSA) is 101 Å². The molecular formula is C46H57FN4O4S2Si. The molecule has 0 saturated carbocycles. The van der Waals surface area contributed by atoms with Crippen molar-refractivity contribution in [1.29, 1.82) is 0 Å². The van der Waals surface area contributed by atoms with Crippen LogP contribution in [0.3, 0.4) is 0 Å². The summed E-state index contributed by atoms with van der Waals surface area (Å²) in [5.74, 6) is -0.348. The average Bonchev–Trinajstić information content (AvgIpc) is 3.61. The number of benzene rings is 4. The summed E-state index contributed by atoms with van der Waals surface area (Å²) in [4.78, 5) is 21.1. The third-order valence-electron chi connectivity index (χ3n) is 11.8. The molecule has 7 rings (SSSR count). The maximum absolute atomic E-state index is 14.9. The Balaban J connectivity index is 1.24. The van der Waals surface area contributed by atoms with Crippen molar-refractivity contribution in [2.75, 3.05) is 25.0 Å². The van der Waals surface area contributed by atoms with Crippen LogP contribution in [0.1, 0.15) is 76.9 Å². The first-order valence-corrected chi connectivity index (χ1v) is 24.8. The van der Waals surface area contributed by atoms with E-state index >= 15 is 0 Å². The largest absolute Gasteiger partial charge is 0.407 e. The van der Waals surface area contributed by atoms with Gasteiger partial charge < -0.3 is 14.6 Å². The van der Waals surface area contributed by atoms with Gasteiger partial charge in [0.05, 0.1) is 20.9 Å². The molecule has 1 aromatic heterocycles. The molecule has 0 bridgehead atoms. The molecule has 3 atom stereocenters. The molecule has 4 aromatic carbocycles. The number of hydrogen-bond acceptors (Lipinski definition) is 7. The number of rotatable bonds is 13. The minimum Gasteiger partial charge on any atom is -0.407 e. The first-order chi connectivity index (χ1) is 27.6. The Bertz CT molecular complexity index is 2260. The van der Waals surface area contributed by atoms with E-state index in [1.54, 1.807) is 11.0 Å². The number of aromatic nitrogens is 1. The number of anilines is 1. The van der Waals surface area contributed by atoms with Crippen LogP contribution in [-0.2, 0) is 38.5 Å². The number of halogens is 1. The third-order valence-corrected chi connectivity index (χ3v) is 19.4. The smallest absolute Gasteiger partial charge is 0.261 e. The molecule has 308 valence electrons. The lowest BCUT2D eigenvalue weighted by Gasteiger charge is -2.43. The Morgan fingerprint density at radius 2 is 1.69 bits per heavy atom. The predicted molar refractivity (Wildman–Crippen MR) is 237 cm³/mol. The number of para-hydroxylation sites is 1. The number of carbonyl (C=O) groups excluding carboxylic acids is 1. The number of piperidine rings is 1. The molecule has 1 fully saturated rings. The van der Waals surface area contributed by atoms with Crippen molar-refractivity contribution >= 4 is 61.9 Å². The standard InChI is InChI=1S/C46H57FN4O4S2Si/c1-7-35-28-34(47)22-24-51(35)44(52)39(29-42-49-38-20-14-15-21-40(38)56-42)50-57(53,54)41-27-32(26-33-30-46(5,6)31-48-43(33)41)23-25-55-58(45(2,3)4,36-16-10-8-11-17-36)37-18-12-9-13-19-37/h8-21,26-27,34-35,39,48,50H,7,22-25,28-31H2,1-6H3/t34?,35?,39-/m0/s1. The first-order valence-electron chi connectivity index (χ1n) is 20.6. The minimum absolute atomic E-state index is 0.0814. The molecule has 1 amide bonds. The summed E-state index contributed by atoms with van der Waals surface area (Å²) in [6, 6.07) is 31.2. The van der Waals surface area contributed by atoms with E-state index in [1.165, 1.54) is 21.7 Å². The van der Waals surface area contributed by atoms with Gasteiger partial charge in [0, 0.05) is 32.2 Å². The molecular weight excluding hydrogens is 784 g/mol. The summed E-state index contributed by atoms with van der Waals surface area (Å²) in [6.07, 6.45) is 1.33. The van der Waals surface area contributed by atoms with Crippen LogP contribution in [-0.4, -0.2) is 70.5 Å². The van der Waals surface area contributed by atoms with Crippen LogP contribution in [0.4, 0.5) is 10.1 Å². The fourth-order valence-electron chi connectivity index (χ4n) is 8.91. The molecule has 12 heteroatoms. The number of fused-ring (bicyclic) bond motifs is 2. The molecule has 0 aliphatic carbocycles. The number of hydrogen-bond donors (Lipinski definition) is 2. The van der Waals surface area contributed by atoms with Crippen LogP contribution in [0.2, 0.25) is 5.04 Å². The van der Waals surface area contributed by atoms with Gasteiger partial charge in [-0.15, -0.1) is 11.3 Å². The number of thiazole rings is 1. The van der Waals surface area contributed by atoms with E-state index in [4.69, 9.17) is 9.41 Å². The van der Waals surface area contributed by atoms with Crippen LogP contribution in [0, 0.1) is 5.41 Å². The normalized spacial score (nSPS) is 19.1. The molecule has 2 N–H and O–H groups in total. The second kappa shape index (κ2) is 17.0. The molecule has 1 saturated heterocycles. The number of nitrogens with zero attached hydrogens (tertiary/aromatic N) is 2. The van der Waals surface area contributed by atoms with Crippen molar-refractivity contribution in [2.24, 2.45) is 5.41 Å². The summed E-state index contributed by atoms with van der Waals surface area (Å²) >= 11 is 1.45. The van der Waals surface area contributed by atoms with Gasteiger partial charge >= 0.3 is 0 Å². The monoisotopic (exact) mass is 840 g/mol. The quantitative estimate of drug-likeness (QED) is 0.117. The van der Waals surface area contributed by atoms with E-state index in [-0.39, 0.29) is 53.1 Å². The van der Waals surface area contributed by atoms with Gasteiger partial charge in [0.2, 0.25) is 15.9 Å². The lowest BCUT2D eigenvalue weighted by atomic mass is 9.81. The Hall–Kier alpha value is -3.94. The Kier molecular flexibility index (Phi) is 12.3. The zero-order chi connectivity index (χ0) is 41.3. The Morgan fingerprint density at radius 3 is 2.33 bits per heavy atom. The molecule has 0 radical (unpaired) electrons. The zero-order valence-electron chi connectivity index (χ0n) is 34.6. The van der Waals surface area contributed by atoms with E-state index in [2.05, 4.69) is 99.3 Å². The van der Waals surface area contributed by atoms with Gasteiger partial charge in [-0.1, -0.05) is 120 Å². The molecule has 58 heavy (non-hydrogen) atoms. The van der Waals surface area contributed by atoms with Gasteiger partial charge in [0.15, 0.2) is 0 Å². The van der Waals surface area contributed by atoms with Crippen molar-refractivity contribution in [1.82, 2.24) is 14.6 Å². The van der Waals surface area contributed by atoms with Crippen LogP contribution in [0.25, 0.3) is 10.2 Å². The van der Waals surface area contributed by atoms with Crippen molar-refractivity contribution in [3.05, 3.63) is 113 Å². The van der Waals surface area contributed by atoms with Crippen LogP contribution < -0.4 is 20.4 Å². The SMILES string of the molecule is CCC1CC(F)CCN1C(=O)[C@H](Cc1nc2ccccc2s1)NS(=O)(=O)c1cc(CCO[Si](c2ccccc2)(c2ccccc2)C(C)(C)C)cc2c1NCC(C)(C)C2. The number of sulfonamides is 1. The van der Waals surface area contributed by atoms with E-state index in [0.29, 0.717) is 43.1 Å². The van der Waals surface area contributed by atoms with Crippen LogP contribution in [0.5, 0.6) is 0 Å². The average molecular weight is 841 g/mol. The number of alkyl halides is 1. The van der Waals surface area contributed by atoms with Gasteiger partial charge in [-0.05, 0) is 82.3 Å². The molecule has 5 aromatic rings. The lowest BCUT2D eigenvalue weighted by molar-refractivity contribution is -0.137. The van der Waals surface area contributed by atoms with Crippen molar-refractivity contribution in [2.45, 2.75) is 108 Å². The fraction of sp³-hybridized carbons (Fsp3) is 0.435. The second-order valence-corrected chi connectivity index (χ2v) is 24.9. The Morgan fingerprint density at radius 1 is 1.03 bits per heavy atom. The van der Waals surface area contributed by atoms with E-state index in [1.807, 2.05) is 43.3 Å². The number of nitrogens with one attached hydrogen (secondary N) is 2. The van der Waals surface area contributed by atoms with Gasteiger partial charge in [-0.3, -0.25) is 4.79 Å². The summed E-state index contributed by atoms with van der Waals surface area (Å²) in [5.41, 5.74) is 3.04. The first kappa shape index (κ1) is 42.2. The van der Waals surface area contributed by atoms with Gasteiger partial charge in [-0.25, -0.2) is 17.8 Å². The molecule has 8 nitrogen and oxygen atoms in total. The van der Waals surface area contributed by atoms with E-state index in [0.717, 1.165) is 21.3 Å². The van der Waals surface area contributed by atoms with E-state index < -0.39 is 30.6 Å². The molecule has 0 spiro atoms. The van der Waals surface area contributed by atoms with Crippen LogP contribution in [0.15, 0.2) is 102 Å². The van der Waals surface area contributed by atoms with Gasteiger partial charge in [0.25, 0.3) is 8.32 Å². The predicted octanol–water partition coefficient (Wildman–Crippen LogP) is 8.04. The summed E-state index contributed by atoms with van der Waals surface area (Å²) in [5, 5.41) is 6.28. The highest BCUT2D eigenvalue weighted by molar-refractivity contribution is 7.89. The highest BCUT2D eigenvalue weighted by Crippen LogP contribution is 2.39. The van der Waals surface area contributed by atoms with Crippen molar-refractivity contribution in [3.8, 4) is 0 Å². The van der Waals surface area contributed by atoms with E-state index in [9.17, 15) is 17.6 Å². The molecule has 2 aliphatic rings. The van der Waals surface area contributed by atoms with Crippen LogP contribution >= 0.6 is 11.3 Å². The maximum Gasteiger partial charge on any atom is 0.261 e. The summed E-state index contributed by atoms with van der Waals surface area (Å²) < 4.78 is 55.5. The number of carbonyl (C=O) groups is 1. The highest BCUT2D eigenvalue weighted by Gasteiger charge is 2.50. The second-order valence-electron chi connectivity index (χ2n) is 17.8. The maximum atomic E-state index is 14.9. The van der Waals surface area contributed by atoms with Gasteiger partial charge in [-0.2, -0.15) is 4.72 Å². The van der Waals surface area contributed by atoms with Crippen molar-refractivity contribution < 1.29 is 22.0 Å². The number of likely N-dealkylation sites (tertiary alicyclic amines) is 1. The fourth-order valence-corrected chi connectivity index (χ4v) is 16.0. The third kappa shape index (κ3) is 8.82. The summed E-state index contributed by atoms with van der Waals surface area (Å²) in [7, 11) is -7.11. The summed E-state index contributed by atoms with van der Waals surface area (Å²) in [6.45, 7) is 14.3. The molecule has 2 unspecified atom stereocenters.